The van der Waals surface area contributed by atoms with Gasteiger partial charge >= 0.3 is 0 Å². The lowest BCUT2D eigenvalue weighted by Gasteiger charge is -2.34. The standard InChI is InChI=1S/C12H21N3O3/c1-18-9-12(17)15-6-4-14(5-7-15)8-11(16)13-10-2-3-10/h10H,2-9H2,1H3,(H,13,16). The van der Waals surface area contributed by atoms with Crippen LogP contribution in [-0.2, 0) is 14.3 Å². The molecule has 2 amide bonds. The summed E-state index contributed by atoms with van der Waals surface area (Å²) in [7, 11) is 1.52. The van der Waals surface area contributed by atoms with Crippen LogP contribution in [-0.4, -0.2) is 74.1 Å². The number of hydrogen-bond acceptors (Lipinski definition) is 4. The van der Waals surface area contributed by atoms with Crippen LogP contribution in [0.4, 0.5) is 0 Å². The van der Waals surface area contributed by atoms with Gasteiger partial charge in [-0.2, -0.15) is 0 Å². The molecular formula is C12H21N3O3. The van der Waals surface area contributed by atoms with E-state index in [4.69, 9.17) is 4.74 Å². The van der Waals surface area contributed by atoms with E-state index in [-0.39, 0.29) is 18.4 Å². The molecule has 102 valence electrons. The second-order valence-corrected chi connectivity index (χ2v) is 4.93. The first-order valence-electron chi connectivity index (χ1n) is 6.47. The van der Waals surface area contributed by atoms with Gasteiger partial charge in [0.25, 0.3) is 0 Å². The van der Waals surface area contributed by atoms with Crippen molar-refractivity contribution < 1.29 is 14.3 Å². The highest BCUT2D eigenvalue weighted by Crippen LogP contribution is 2.18. The summed E-state index contributed by atoms with van der Waals surface area (Å²) in [4.78, 5) is 27.1. The lowest BCUT2D eigenvalue weighted by molar-refractivity contribution is -0.137. The predicted octanol–water partition coefficient (Wildman–Crippen LogP) is -0.944. The van der Waals surface area contributed by atoms with E-state index < -0.39 is 0 Å². The summed E-state index contributed by atoms with van der Waals surface area (Å²) in [5.74, 6) is 0.133. The number of amides is 2. The van der Waals surface area contributed by atoms with Gasteiger partial charge in [-0.05, 0) is 12.8 Å². The fourth-order valence-electron chi connectivity index (χ4n) is 2.07. The van der Waals surface area contributed by atoms with Gasteiger partial charge in [-0.1, -0.05) is 0 Å². The Morgan fingerprint density at radius 2 is 1.89 bits per heavy atom. The van der Waals surface area contributed by atoms with Crippen LogP contribution in [0.1, 0.15) is 12.8 Å². The average Bonchev–Trinajstić information content (AvgIpc) is 3.14. The summed E-state index contributed by atoms with van der Waals surface area (Å²) >= 11 is 0. The second-order valence-electron chi connectivity index (χ2n) is 4.93. The van der Waals surface area contributed by atoms with Crippen molar-refractivity contribution in [1.82, 2.24) is 15.1 Å². The molecule has 2 aliphatic rings. The van der Waals surface area contributed by atoms with Crippen molar-refractivity contribution in [3.8, 4) is 0 Å². The Kier molecular flexibility index (Phi) is 4.54. The van der Waals surface area contributed by atoms with E-state index in [2.05, 4.69) is 10.2 Å². The number of rotatable bonds is 5. The molecule has 1 N–H and O–H groups in total. The van der Waals surface area contributed by atoms with Crippen molar-refractivity contribution in [1.29, 1.82) is 0 Å². The molecule has 0 radical (unpaired) electrons. The number of piperazine rings is 1. The van der Waals surface area contributed by atoms with Gasteiger partial charge in [-0.15, -0.1) is 0 Å². The van der Waals surface area contributed by atoms with E-state index >= 15 is 0 Å². The number of ether oxygens (including phenoxy) is 1. The quantitative estimate of drug-likeness (QED) is 0.688. The van der Waals surface area contributed by atoms with Crippen LogP contribution in [0.3, 0.4) is 0 Å². The Morgan fingerprint density at radius 1 is 1.22 bits per heavy atom. The first-order valence-corrected chi connectivity index (χ1v) is 6.47. The van der Waals surface area contributed by atoms with E-state index in [1.54, 1.807) is 4.90 Å². The lowest BCUT2D eigenvalue weighted by Crippen LogP contribution is -2.51. The minimum Gasteiger partial charge on any atom is -0.375 e. The zero-order chi connectivity index (χ0) is 13.0. The molecule has 2 rings (SSSR count). The molecule has 0 spiro atoms. The Labute approximate surface area is 107 Å². The van der Waals surface area contributed by atoms with Crippen molar-refractivity contribution in [3.05, 3.63) is 0 Å². The third-order valence-corrected chi connectivity index (χ3v) is 3.30. The van der Waals surface area contributed by atoms with Crippen molar-refractivity contribution in [2.45, 2.75) is 18.9 Å². The van der Waals surface area contributed by atoms with E-state index in [1.807, 2.05) is 0 Å². The van der Waals surface area contributed by atoms with Gasteiger partial charge in [0.2, 0.25) is 11.8 Å². The van der Waals surface area contributed by atoms with E-state index in [0.29, 0.717) is 25.7 Å². The number of methoxy groups -OCH3 is 1. The lowest BCUT2D eigenvalue weighted by atomic mass is 10.3. The van der Waals surface area contributed by atoms with Crippen LogP contribution < -0.4 is 5.32 Å². The summed E-state index contributed by atoms with van der Waals surface area (Å²) in [6.45, 7) is 3.46. The van der Waals surface area contributed by atoms with Gasteiger partial charge in [0.1, 0.15) is 6.61 Å². The van der Waals surface area contributed by atoms with Crippen molar-refractivity contribution in [3.63, 3.8) is 0 Å². The summed E-state index contributed by atoms with van der Waals surface area (Å²) in [6, 6.07) is 0.419. The molecule has 0 bridgehead atoms. The third-order valence-electron chi connectivity index (χ3n) is 3.30. The summed E-state index contributed by atoms with van der Waals surface area (Å²) in [5, 5.41) is 2.97. The summed E-state index contributed by atoms with van der Waals surface area (Å²) < 4.78 is 4.83. The maximum absolute atomic E-state index is 11.6. The minimum atomic E-state index is 0.0274. The fraction of sp³-hybridized carbons (Fsp3) is 0.833. The predicted molar refractivity (Wildman–Crippen MR) is 66.1 cm³/mol. The van der Waals surface area contributed by atoms with Crippen LogP contribution in [0.5, 0.6) is 0 Å². The molecular weight excluding hydrogens is 234 g/mol. The van der Waals surface area contributed by atoms with Crippen LogP contribution in [0.2, 0.25) is 0 Å². The fourth-order valence-corrected chi connectivity index (χ4v) is 2.07. The first-order chi connectivity index (χ1) is 8.69. The molecule has 0 aromatic heterocycles. The van der Waals surface area contributed by atoms with Crippen LogP contribution >= 0.6 is 0 Å². The highest BCUT2D eigenvalue weighted by Gasteiger charge is 2.26. The van der Waals surface area contributed by atoms with Crippen LogP contribution in [0.15, 0.2) is 0 Å². The summed E-state index contributed by atoms with van der Waals surface area (Å²) in [5.41, 5.74) is 0. The van der Waals surface area contributed by atoms with Gasteiger partial charge < -0.3 is 15.0 Å². The Bertz CT molecular complexity index is 310. The normalized spacial score (nSPS) is 20.8. The first kappa shape index (κ1) is 13.3. The highest BCUT2D eigenvalue weighted by atomic mass is 16.5. The van der Waals surface area contributed by atoms with Crippen molar-refractivity contribution in [2.75, 3.05) is 46.4 Å². The van der Waals surface area contributed by atoms with Crippen LogP contribution in [0.25, 0.3) is 0 Å². The molecule has 0 atom stereocenters. The molecule has 0 aromatic rings. The molecule has 1 saturated carbocycles. The van der Waals surface area contributed by atoms with Crippen molar-refractivity contribution in [2.24, 2.45) is 0 Å². The van der Waals surface area contributed by atoms with Crippen molar-refractivity contribution >= 4 is 11.8 Å². The topological polar surface area (TPSA) is 61.9 Å². The number of nitrogens with one attached hydrogen (secondary N) is 1. The molecule has 2 fully saturated rings. The maximum Gasteiger partial charge on any atom is 0.248 e. The number of nitrogens with zero attached hydrogens (tertiary/aromatic N) is 2. The average molecular weight is 255 g/mol. The number of hydrogen-bond donors (Lipinski definition) is 1. The van der Waals surface area contributed by atoms with E-state index in [0.717, 1.165) is 25.9 Å². The van der Waals surface area contributed by atoms with Gasteiger partial charge in [0, 0.05) is 39.3 Å². The molecule has 1 saturated heterocycles. The molecule has 6 nitrogen and oxygen atoms in total. The Balaban J connectivity index is 1.66. The molecule has 1 aliphatic carbocycles. The summed E-state index contributed by atoms with van der Waals surface area (Å²) in [6.07, 6.45) is 2.23. The van der Waals surface area contributed by atoms with Gasteiger partial charge in [-0.3, -0.25) is 14.5 Å². The molecule has 6 heteroatoms. The molecule has 0 aromatic carbocycles. The Hall–Kier alpha value is -1.14. The largest absolute Gasteiger partial charge is 0.375 e. The number of carbonyl (C=O) groups is 2. The van der Waals surface area contributed by atoms with Crippen LogP contribution in [0, 0.1) is 0 Å². The van der Waals surface area contributed by atoms with E-state index in [9.17, 15) is 9.59 Å². The van der Waals surface area contributed by atoms with E-state index in [1.165, 1.54) is 7.11 Å². The zero-order valence-electron chi connectivity index (χ0n) is 10.9. The molecule has 0 unspecified atom stereocenters. The molecule has 1 heterocycles. The Morgan fingerprint density at radius 3 is 2.44 bits per heavy atom. The number of carbonyl (C=O) groups excluding carboxylic acids is 2. The smallest absolute Gasteiger partial charge is 0.248 e. The SMILES string of the molecule is COCC(=O)N1CCN(CC(=O)NC2CC2)CC1. The highest BCUT2D eigenvalue weighted by molar-refractivity contribution is 5.79. The maximum atomic E-state index is 11.6. The van der Waals surface area contributed by atoms with Gasteiger partial charge in [0.15, 0.2) is 0 Å². The second kappa shape index (κ2) is 6.15. The third kappa shape index (κ3) is 3.96. The van der Waals surface area contributed by atoms with Gasteiger partial charge in [-0.25, -0.2) is 0 Å². The van der Waals surface area contributed by atoms with Gasteiger partial charge in [0.05, 0.1) is 6.54 Å². The zero-order valence-corrected chi connectivity index (χ0v) is 10.9. The monoisotopic (exact) mass is 255 g/mol. The molecule has 1 aliphatic heterocycles. The minimum absolute atomic E-state index is 0.0274. The molecule has 18 heavy (non-hydrogen) atoms.